The second-order valence-electron chi connectivity index (χ2n) is 10.2. The molecule has 0 radical (unpaired) electrons. The Hall–Kier alpha value is -1.56. The van der Waals surface area contributed by atoms with Crippen LogP contribution in [0.25, 0.3) is 0 Å². The van der Waals surface area contributed by atoms with E-state index in [2.05, 4.69) is 84.9 Å². The fraction of sp³-hybridized carbons (Fsp3) is 0.625. The molecule has 0 saturated heterocycles. The highest BCUT2D eigenvalue weighted by Crippen LogP contribution is 2.47. The van der Waals surface area contributed by atoms with Crippen LogP contribution in [-0.2, 0) is 18.3 Å². The summed E-state index contributed by atoms with van der Waals surface area (Å²) < 4.78 is 0. The number of aryl methyl sites for hydroxylation is 1. The van der Waals surface area contributed by atoms with E-state index >= 15 is 0 Å². The summed E-state index contributed by atoms with van der Waals surface area (Å²) in [5, 5.41) is 0. The summed E-state index contributed by atoms with van der Waals surface area (Å²) in [4.78, 5) is 0. The molecule has 2 aromatic carbocycles. The number of unbranched alkanes of at least 4 members (excludes halogenated alkanes) is 4. The molecule has 0 saturated carbocycles. The summed E-state index contributed by atoms with van der Waals surface area (Å²) in [7, 11) is 0. The average molecular weight is 435 g/mol. The van der Waals surface area contributed by atoms with Gasteiger partial charge < -0.3 is 0 Å². The Morgan fingerprint density at radius 3 is 1.97 bits per heavy atom. The highest BCUT2D eigenvalue weighted by atomic mass is 14.4. The number of benzene rings is 2. The molecule has 0 heterocycles. The molecule has 178 valence electrons. The molecule has 0 N–H and O–H groups in total. The topological polar surface area (TPSA) is 0 Å². The van der Waals surface area contributed by atoms with Gasteiger partial charge in [0.05, 0.1) is 0 Å². The predicted octanol–water partition coefficient (Wildman–Crippen LogP) is 10.1. The Bertz CT molecular complexity index is 799. The van der Waals surface area contributed by atoms with E-state index in [0.29, 0.717) is 5.92 Å². The van der Waals surface area contributed by atoms with Crippen LogP contribution in [0.15, 0.2) is 36.4 Å². The quantitative estimate of drug-likeness (QED) is 0.259. The van der Waals surface area contributed by atoms with Crippen LogP contribution >= 0.6 is 0 Å². The Kier molecular flexibility index (Phi) is 11.0. The minimum absolute atomic E-state index is 0.129. The van der Waals surface area contributed by atoms with Crippen molar-refractivity contribution >= 4 is 0 Å². The molecule has 1 unspecified atom stereocenters. The van der Waals surface area contributed by atoms with E-state index < -0.39 is 0 Å². The molecule has 2 aromatic rings. The van der Waals surface area contributed by atoms with Gasteiger partial charge >= 0.3 is 0 Å². The van der Waals surface area contributed by atoms with Crippen molar-refractivity contribution in [1.29, 1.82) is 0 Å². The largest absolute Gasteiger partial charge is 0.0654 e. The summed E-state index contributed by atoms with van der Waals surface area (Å²) in [6.07, 6.45) is 14.0. The molecule has 2 rings (SSSR count). The Morgan fingerprint density at radius 2 is 1.41 bits per heavy atom. The lowest BCUT2D eigenvalue weighted by Crippen LogP contribution is -2.31. The Morgan fingerprint density at radius 1 is 0.750 bits per heavy atom. The van der Waals surface area contributed by atoms with Gasteiger partial charge in [-0.1, -0.05) is 123 Å². The van der Waals surface area contributed by atoms with Crippen LogP contribution < -0.4 is 0 Å². The molecule has 0 aromatic heterocycles. The SMILES string of the molecule is CCCCCCC(CCCC)(c1ccccc1)c1cc(C)c(CC)c(CCC)c1C(C)C. The van der Waals surface area contributed by atoms with E-state index in [1.165, 1.54) is 75.3 Å². The minimum Gasteiger partial charge on any atom is -0.0654 e. The molecular formula is C32H50. The molecule has 32 heavy (non-hydrogen) atoms. The number of hydrogen-bond acceptors (Lipinski definition) is 0. The van der Waals surface area contributed by atoms with Gasteiger partial charge in [0.1, 0.15) is 0 Å². The van der Waals surface area contributed by atoms with Crippen molar-refractivity contribution in [1.82, 2.24) is 0 Å². The monoisotopic (exact) mass is 434 g/mol. The molecule has 0 aliphatic rings. The van der Waals surface area contributed by atoms with Crippen LogP contribution in [-0.4, -0.2) is 0 Å². The van der Waals surface area contributed by atoms with Gasteiger partial charge in [-0.3, -0.25) is 0 Å². The molecule has 0 nitrogen and oxygen atoms in total. The van der Waals surface area contributed by atoms with E-state index in [-0.39, 0.29) is 5.41 Å². The molecule has 0 spiro atoms. The normalized spacial score (nSPS) is 13.5. The summed E-state index contributed by atoms with van der Waals surface area (Å²) in [6.45, 7) is 16.6. The second kappa shape index (κ2) is 13.2. The minimum atomic E-state index is 0.129. The average Bonchev–Trinajstić information content (AvgIpc) is 2.79. The van der Waals surface area contributed by atoms with Gasteiger partial charge in [-0.05, 0) is 71.9 Å². The lowest BCUT2D eigenvalue weighted by Gasteiger charge is -2.40. The maximum absolute atomic E-state index is 2.62. The lowest BCUT2D eigenvalue weighted by atomic mass is 9.64. The number of hydrogen-bond donors (Lipinski definition) is 0. The first-order valence-corrected chi connectivity index (χ1v) is 13.7. The van der Waals surface area contributed by atoms with Crippen molar-refractivity contribution in [3.05, 3.63) is 69.8 Å². The maximum atomic E-state index is 2.62. The zero-order chi connectivity index (χ0) is 23.6. The zero-order valence-corrected chi connectivity index (χ0v) is 22.3. The van der Waals surface area contributed by atoms with Crippen LogP contribution in [0.4, 0.5) is 0 Å². The maximum Gasteiger partial charge on any atom is 0.0206 e. The molecule has 0 bridgehead atoms. The molecule has 0 amide bonds. The van der Waals surface area contributed by atoms with Crippen molar-refractivity contribution in [2.45, 2.75) is 130 Å². The van der Waals surface area contributed by atoms with Crippen LogP contribution in [0.2, 0.25) is 0 Å². The van der Waals surface area contributed by atoms with Gasteiger partial charge in [-0.2, -0.15) is 0 Å². The molecular weight excluding hydrogens is 384 g/mol. The Labute approximate surface area is 200 Å². The van der Waals surface area contributed by atoms with E-state index in [9.17, 15) is 0 Å². The standard InChI is InChI=1S/C32H50/c1-8-12-14-18-23-32(22-13-9-2,27-20-16-15-17-21-27)30-24-26(7)28(11-4)29(19-10-3)31(30)25(5)6/h15-17,20-21,24-25H,8-14,18-19,22-23H2,1-7H3. The third-order valence-corrected chi connectivity index (χ3v) is 7.50. The van der Waals surface area contributed by atoms with Gasteiger partial charge in [-0.15, -0.1) is 0 Å². The summed E-state index contributed by atoms with van der Waals surface area (Å²) in [6, 6.07) is 14.2. The summed E-state index contributed by atoms with van der Waals surface area (Å²) in [5.41, 5.74) is 9.79. The second-order valence-corrected chi connectivity index (χ2v) is 10.2. The first-order chi connectivity index (χ1) is 15.5. The van der Waals surface area contributed by atoms with Crippen LogP contribution in [0.5, 0.6) is 0 Å². The predicted molar refractivity (Wildman–Crippen MR) is 144 cm³/mol. The van der Waals surface area contributed by atoms with Gasteiger partial charge in [0.25, 0.3) is 0 Å². The van der Waals surface area contributed by atoms with E-state index in [1.54, 1.807) is 22.3 Å². The molecule has 0 aliphatic heterocycles. The highest BCUT2D eigenvalue weighted by molar-refractivity contribution is 5.54. The van der Waals surface area contributed by atoms with Crippen LogP contribution in [0.1, 0.15) is 139 Å². The fourth-order valence-corrected chi connectivity index (χ4v) is 5.96. The van der Waals surface area contributed by atoms with Crippen molar-refractivity contribution in [2.75, 3.05) is 0 Å². The zero-order valence-electron chi connectivity index (χ0n) is 22.3. The van der Waals surface area contributed by atoms with Crippen molar-refractivity contribution < 1.29 is 0 Å². The molecule has 0 fully saturated rings. The van der Waals surface area contributed by atoms with Gasteiger partial charge in [0, 0.05) is 5.41 Å². The van der Waals surface area contributed by atoms with Crippen molar-refractivity contribution in [3.8, 4) is 0 Å². The lowest BCUT2D eigenvalue weighted by molar-refractivity contribution is 0.394. The third kappa shape index (κ3) is 6.06. The van der Waals surface area contributed by atoms with E-state index in [1.807, 2.05) is 0 Å². The first kappa shape index (κ1) is 26.7. The molecule has 0 aliphatic carbocycles. The van der Waals surface area contributed by atoms with Gasteiger partial charge in [-0.25, -0.2) is 0 Å². The first-order valence-electron chi connectivity index (χ1n) is 13.7. The fourth-order valence-electron chi connectivity index (χ4n) is 5.96. The molecule has 0 heteroatoms. The van der Waals surface area contributed by atoms with Crippen molar-refractivity contribution in [2.24, 2.45) is 0 Å². The Balaban J connectivity index is 2.84. The van der Waals surface area contributed by atoms with E-state index in [4.69, 9.17) is 0 Å². The van der Waals surface area contributed by atoms with Crippen LogP contribution in [0, 0.1) is 6.92 Å². The van der Waals surface area contributed by atoms with E-state index in [0.717, 1.165) is 6.42 Å². The van der Waals surface area contributed by atoms with Crippen molar-refractivity contribution in [3.63, 3.8) is 0 Å². The smallest absolute Gasteiger partial charge is 0.0206 e. The third-order valence-electron chi connectivity index (χ3n) is 7.50. The number of rotatable bonds is 14. The van der Waals surface area contributed by atoms with Crippen LogP contribution in [0.3, 0.4) is 0 Å². The summed E-state index contributed by atoms with van der Waals surface area (Å²) >= 11 is 0. The summed E-state index contributed by atoms with van der Waals surface area (Å²) in [5.74, 6) is 0.554. The van der Waals surface area contributed by atoms with Gasteiger partial charge in [0.2, 0.25) is 0 Å². The highest BCUT2D eigenvalue weighted by Gasteiger charge is 2.37. The van der Waals surface area contributed by atoms with Gasteiger partial charge in [0.15, 0.2) is 0 Å². The molecule has 1 atom stereocenters.